The molecule has 1 aliphatic heterocycles. The number of nitrogens with zero attached hydrogens (tertiary/aromatic N) is 1. The third-order valence-electron chi connectivity index (χ3n) is 5.63. The van der Waals surface area contributed by atoms with Crippen LogP contribution in [0.1, 0.15) is 44.7 Å². The summed E-state index contributed by atoms with van der Waals surface area (Å²) in [6.45, 7) is 3.86. The Labute approximate surface area is 186 Å². The SMILES string of the molecule is CCC1(CC)CC(NC(=O)CN(c2ccccc2Br)S(C)(=O)=O)c2ccccc2O1. The quantitative estimate of drug-likeness (QED) is 0.618. The minimum Gasteiger partial charge on any atom is -0.487 e. The zero-order valence-corrected chi connectivity index (χ0v) is 19.8. The van der Waals surface area contributed by atoms with Crippen molar-refractivity contribution >= 4 is 37.5 Å². The number of ether oxygens (including phenoxy) is 1. The molecule has 0 spiro atoms. The highest BCUT2D eigenvalue weighted by Gasteiger charge is 2.39. The van der Waals surface area contributed by atoms with Crippen molar-refractivity contribution in [3.8, 4) is 5.75 Å². The molecular weight excluding hydrogens is 468 g/mol. The van der Waals surface area contributed by atoms with Crippen LogP contribution in [0.15, 0.2) is 53.0 Å². The van der Waals surface area contributed by atoms with Crippen molar-refractivity contribution < 1.29 is 17.9 Å². The molecule has 0 saturated heterocycles. The number of benzene rings is 2. The Kier molecular flexibility index (Phi) is 6.77. The van der Waals surface area contributed by atoms with Crippen LogP contribution in [-0.2, 0) is 14.8 Å². The Hall–Kier alpha value is -2.06. The summed E-state index contributed by atoms with van der Waals surface area (Å²) in [7, 11) is -3.65. The predicted molar refractivity (Wildman–Crippen MR) is 122 cm³/mol. The summed E-state index contributed by atoms with van der Waals surface area (Å²) in [5, 5.41) is 3.05. The van der Waals surface area contributed by atoms with E-state index >= 15 is 0 Å². The number of hydrogen-bond acceptors (Lipinski definition) is 4. The van der Waals surface area contributed by atoms with Crippen molar-refractivity contribution in [2.45, 2.75) is 44.8 Å². The summed E-state index contributed by atoms with van der Waals surface area (Å²) in [5.41, 5.74) is 0.986. The maximum Gasteiger partial charge on any atom is 0.241 e. The smallest absolute Gasteiger partial charge is 0.241 e. The van der Waals surface area contributed by atoms with Gasteiger partial charge in [-0.15, -0.1) is 0 Å². The van der Waals surface area contributed by atoms with Gasteiger partial charge in [-0.25, -0.2) is 8.42 Å². The Morgan fingerprint density at radius 3 is 2.43 bits per heavy atom. The summed E-state index contributed by atoms with van der Waals surface area (Å²) >= 11 is 3.38. The van der Waals surface area contributed by atoms with Gasteiger partial charge in [-0.1, -0.05) is 44.2 Å². The summed E-state index contributed by atoms with van der Waals surface area (Å²) in [6, 6.07) is 14.4. The standard InChI is InChI=1S/C22H27BrN2O4S/c1-4-22(5-2)14-18(16-10-6-9-13-20(16)29-22)24-21(26)15-25(30(3,27)28)19-12-8-7-11-17(19)23/h6-13,18H,4-5,14-15H2,1-3H3,(H,24,26). The number of hydrogen-bond donors (Lipinski definition) is 1. The summed E-state index contributed by atoms with van der Waals surface area (Å²) in [4.78, 5) is 13.0. The van der Waals surface area contributed by atoms with Gasteiger partial charge in [0.2, 0.25) is 15.9 Å². The molecule has 3 rings (SSSR count). The number of rotatable bonds is 7. The number of carbonyl (C=O) groups excluding carboxylic acids is 1. The second kappa shape index (κ2) is 8.98. The van der Waals surface area contributed by atoms with Crippen LogP contribution in [0.2, 0.25) is 0 Å². The molecule has 1 atom stereocenters. The fourth-order valence-corrected chi connectivity index (χ4v) is 5.32. The van der Waals surface area contributed by atoms with Gasteiger partial charge in [0.05, 0.1) is 18.0 Å². The zero-order chi connectivity index (χ0) is 21.9. The fraction of sp³-hybridized carbons (Fsp3) is 0.409. The third-order valence-corrected chi connectivity index (χ3v) is 7.43. The van der Waals surface area contributed by atoms with Crippen molar-refractivity contribution in [2.24, 2.45) is 0 Å². The highest BCUT2D eigenvalue weighted by atomic mass is 79.9. The Balaban J connectivity index is 1.86. The number of halogens is 1. The van der Waals surface area contributed by atoms with Crippen LogP contribution < -0.4 is 14.4 Å². The van der Waals surface area contributed by atoms with E-state index in [1.165, 1.54) is 0 Å². The van der Waals surface area contributed by atoms with E-state index < -0.39 is 10.0 Å². The lowest BCUT2D eigenvalue weighted by molar-refractivity contribution is -0.121. The van der Waals surface area contributed by atoms with Crippen molar-refractivity contribution in [3.05, 3.63) is 58.6 Å². The van der Waals surface area contributed by atoms with E-state index in [0.717, 1.165) is 34.7 Å². The molecule has 1 N–H and O–H groups in total. The summed E-state index contributed by atoms with van der Waals surface area (Å²) in [5.74, 6) is 0.405. The summed E-state index contributed by atoms with van der Waals surface area (Å²) in [6.07, 6.45) is 3.37. The van der Waals surface area contributed by atoms with Crippen molar-refractivity contribution in [1.82, 2.24) is 5.32 Å². The molecule has 0 aromatic heterocycles. The Morgan fingerprint density at radius 2 is 1.80 bits per heavy atom. The third kappa shape index (κ3) is 4.81. The van der Waals surface area contributed by atoms with Gasteiger partial charge in [0.1, 0.15) is 17.9 Å². The van der Waals surface area contributed by atoms with E-state index in [1.54, 1.807) is 24.3 Å². The molecule has 8 heteroatoms. The van der Waals surface area contributed by atoms with E-state index in [1.807, 2.05) is 24.3 Å². The Bertz CT molecular complexity index is 1020. The number of amides is 1. The molecule has 2 aromatic rings. The number of nitrogens with one attached hydrogen (secondary N) is 1. The molecule has 1 amide bonds. The lowest BCUT2D eigenvalue weighted by Gasteiger charge is -2.41. The number of sulfonamides is 1. The first-order chi connectivity index (χ1) is 14.2. The van der Waals surface area contributed by atoms with Crippen molar-refractivity contribution in [1.29, 1.82) is 0 Å². The average Bonchev–Trinajstić information content (AvgIpc) is 2.71. The van der Waals surface area contributed by atoms with E-state index in [9.17, 15) is 13.2 Å². The largest absolute Gasteiger partial charge is 0.487 e. The van der Waals surface area contributed by atoms with Gasteiger partial charge in [0.15, 0.2) is 0 Å². The normalized spacial score (nSPS) is 17.5. The first-order valence-corrected chi connectivity index (χ1v) is 12.6. The zero-order valence-electron chi connectivity index (χ0n) is 17.4. The maximum atomic E-state index is 13.0. The van der Waals surface area contributed by atoms with Gasteiger partial charge in [-0.2, -0.15) is 0 Å². The molecule has 0 radical (unpaired) electrons. The van der Waals surface area contributed by atoms with E-state index in [-0.39, 0.29) is 24.1 Å². The molecule has 162 valence electrons. The number of para-hydroxylation sites is 2. The fourth-order valence-electron chi connectivity index (χ4n) is 3.84. The van der Waals surface area contributed by atoms with Gasteiger partial charge in [0, 0.05) is 16.5 Å². The second-order valence-corrected chi connectivity index (χ2v) is 10.3. The molecule has 0 saturated carbocycles. The molecule has 0 fully saturated rings. The molecule has 6 nitrogen and oxygen atoms in total. The number of fused-ring (bicyclic) bond motifs is 1. The van der Waals surface area contributed by atoms with Crippen molar-refractivity contribution in [3.63, 3.8) is 0 Å². The lowest BCUT2D eigenvalue weighted by atomic mass is 9.83. The topological polar surface area (TPSA) is 75.7 Å². The first-order valence-electron chi connectivity index (χ1n) is 9.98. The van der Waals surface area contributed by atoms with Crippen LogP contribution >= 0.6 is 15.9 Å². The van der Waals surface area contributed by atoms with E-state index in [4.69, 9.17) is 4.74 Å². The minimum absolute atomic E-state index is 0.247. The second-order valence-electron chi connectivity index (χ2n) is 7.58. The highest BCUT2D eigenvalue weighted by molar-refractivity contribution is 9.10. The number of carbonyl (C=O) groups is 1. The molecule has 0 bridgehead atoms. The molecular formula is C22H27BrN2O4S. The predicted octanol–water partition coefficient (Wildman–Crippen LogP) is 4.41. The van der Waals surface area contributed by atoms with Gasteiger partial charge in [-0.05, 0) is 47.0 Å². The first kappa shape index (κ1) is 22.6. The molecule has 1 aliphatic rings. The number of anilines is 1. The molecule has 0 aliphatic carbocycles. The Morgan fingerprint density at radius 1 is 1.17 bits per heavy atom. The van der Waals surface area contributed by atoms with Gasteiger partial charge in [0.25, 0.3) is 0 Å². The average molecular weight is 495 g/mol. The van der Waals surface area contributed by atoms with E-state index in [0.29, 0.717) is 16.6 Å². The van der Waals surface area contributed by atoms with Crippen molar-refractivity contribution in [2.75, 3.05) is 17.1 Å². The van der Waals surface area contributed by atoms with Crippen LogP contribution in [-0.4, -0.2) is 32.7 Å². The molecule has 30 heavy (non-hydrogen) atoms. The van der Waals surface area contributed by atoms with Crippen LogP contribution in [0.4, 0.5) is 5.69 Å². The molecule has 2 aromatic carbocycles. The minimum atomic E-state index is -3.65. The van der Waals surface area contributed by atoms with Crippen LogP contribution in [0.3, 0.4) is 0 Å². The van der Waals surface area contributed by atoms with Crippen LogP contribution in [0, 0.1) is 0 Å². The van der Waals surface area contributed by atoms with Gasteiger partial charge < -0.3 is 10.1 Å². The monoisotopic (exact) mass is 494 g/mol. The van der Waals surface area contributed by atoms with Gasteiger partial charge >= 0.3 is 0 Å². The van der Waals surface area contributed by atoms with Crippen LogP contribution in [0.5, 0.6) is 5.75 Å². The van der Waals surface area contributed by atoms with Crippen LogP contribution in [0.25, 0.3) is 0 Å². The lowest BCUT2D eigenvalue weighted by Crippen LogP contribution is -2.47. The van der Waals surface area contributed by atoms with E-state index in [2.05, 4.69) is 35.1 Å². The van der Waals surface area contributed by atoms with Gasteiger partial charge in [-0.3, -0.25) is 9.10 Å². The molecule has 1 unspecified atom stereocenters. The maximum absolute atomic E-state index is 13.0. The summed E-state index contributed by atoms with van der Waals surface area (Å²) < 4.78 is 32.8. The highest BCUT2D eigenvalue weighted by Crippen LogP contribution is 2.42. The molecule has 1 heterocycles.